The molecule has 0 aliphatic carbocycles. The molecule has 0 heterocycles. The second kappa shape index (κ2) is 7.29. The van der Waals surface area contributed by atoms with Gasteiger partial charge in [0.1, 0.15) is 0 Å². The van der Waals surface area contributed by atoms with Gasteiger partial charge in [0.2, 0.25) is 0 Å². The summed E-state index contributed by atoms with van der Waals surface area (Å²) in [6, 6.07) is 8.59. The maximum Gasteiger partial charge on any atom is 0.306 e. The smallest absolute Gasteiger partial charge is 0.306 e. The van der Waals surface area contributed by atoms with Crippen molar-refractivity contribution in [3.8, 4) is 0 Å². The molecule has 0 amide bonds. The fourth-order valence-corrected chi connectivity index (χ4v) is 2.23. The molecule has 0 spiro atoms. The van der Waals surface area contributed by atoms with Gasteiger partial charge in [-0.05, 0) is 36.9 Å². The molecule has 0 saturated heterocycles. The van der Waals surface area contributed by atoms with Crippen LogP contribution >= 0.6 is 0 Å². The number of carboxylic acid groups (broad SMARTS) is 1. The Morgan fingerprint density at radius 2 is 1.79 bits per heavy atom. The third-order valence-electron chi connectivity index (χ3n) is 3.39. The molecule has 1 aromatic carbocycles. The van der Waals surface area contributed by atoms with E-state index in [1.165, 1.54) is 5.56 Å². The molecule has 1 aromatic rings. The van der Waals surface area contributed by atoms with Crippen molar-refractivity contribution in [3.63, 3.8) is 0 Å². The highest BCUT2D eigenvalue weighted by Crippen LogP contribution is 2.22. The molecule has 0 saturated carbocycles. The van der Waals surface area contributed by atoms with Crippen LogP contribution in [0, 0.1) is 11.8 Å². The van der Waals surface area contributed by atoms with Gasteiger partial charge in [-0.3, -0.25) is 4.79 Å². The molecule has 0 aromatic heterocycles. The van der Waals surface area contributed by atoms with Gasteiger partial charge >= 0.3 is 5.97 Å². The van der Waals surface area contributed by atoms with Crippen LogP contribution in [0.1, 0.15) is 44.4 Å². The minimum absolute atomic E-state index is 0.0965. The Labute approximate surface area is 116 Å². The first-order chi connectivity index (χ1) is 8.93. The standard InChI is InChI=1S/C16H25NO2/c1-11(2)9-13-5-7-14(8-6-13)15(17-4)10-12(3)16(18)19/h5-8,11-12,15,17H,9-10H2,1-4H3,(H,18,19). The average molecular weight is 263 g/mol. The summed E-state index contributed by atoms with van der Waals surface area (Å²) in [7, 11) is 1.88. The van der Waals surface area contributed by atoms with Crippen molar-refractivity contribution in [1.82, 2.24) is 5.32 Å². The Hall–Kier alpha value is -1.35. The number of nitrogens with one attached hydrogen (secondary N) is 1. The van der Waals surface area contributed by atoms with Crippen LogP contribution in [0.5, 0.6) is 0 Å². The highest BCUT2D eigenvalue weighted by Gasteiger charge is 2.18. The van der Waals surface area contributed by atoms with Crippen LogP contribution in [0.4, 0.5) is 0 Å². The molecule has 3 heteroatoms. The van der Waals surface area contributed by atoms with Gasteiger partial charge in [-0.2, -0.15) is 0 Å². The molecular formula is C16H25NO2. The van der Waals surface area contributed by atoms with Crippen molar-refractivity contribution < 1.29 is 9.90 Å². The number of rotatable bonds is 7. The molecule has 0 aliphatic rings. The fourth-order valence-electron chi connectivity index (χ4n) is 2.23. The third-order valence-corrected chi connectivity index (χ3v) is 3.39. The van der Waals surface area contributed by atoms with Gasteiger partial charge in [0, 0.05) is 6.04 Å². The van der Waals surface area contributed by atoms with Crippen molar-refractivity contribution in [1.29, 1.82) is 0 Å². The summed E-state index contributed by atoms with van der Waals surface area (Å²) in [6.45, 7) is 6.16. The van der Waals surface area contributed by atoms with Gasteiger partial charge in [0.05, 0.1) is 5.92 Å². The maximum absolute atomic E-state index is 10.9. The summed E-state index contributed by atoms with van der Waals surface area (Å²) in [4.78, 5) is 10.9. The van der Waals surface area contributed by atoms with Crippen molar-refractivity contribution >= 4 is 5.97 Å². The summed E-state index contributed by atoms with van der Waals surface area (Å²) < 4.78 is 0. The van der Waals surface area contributed by atoms with Gasteiger partial charge in [-0.1, -0.05) is 45.0 Å². The normalized spacial score (nSPS) is 14.4. The number of hydrogen-bond donors (Lipinski definition) is 2. The molecule has 3 nitrogen and oxygen atoms in total. The van der Waals surface area contributed by atoms with E-state index in [9.17, 15) is 4.79 Å². The van der Waals surface area contributed by atoms with Gasteiger partial charge in [0.15, 0.2) is 0 Å². The molecule has 1 rings (SSSR count). The van der Waals surface area contributed by atoms with Crippen LogP contribution in [-0.4, -0.2) is 18.1 Å². The van der Waals surface area contributed by atoms with Crippen molar-refractivity contribution in [3.05, 3.63) is 35.4 Å². The van der Waals surface area contributed by atoms with E-state index in [0.29, 0.717) is 12.3 Å². The maximum atomic E-state index is 10.9. The summed E-state index contributed by atoms with van der Waals surface area (Å²) >= 11 is 0. The summed E-state index contributed by atoms with van der Waals surface area (Å²) in [5.41, 5.74) is 2.49. The SMILES string of the molecule is CNC(CC(C)C(=O)O)c1ccc(CC(C)C)cc1. The Morgan fingerprint density at radius 1 is 1.21 bits per heavy atom. The second-order valence-corrected chi connectivity index (χ2v) is 5.66. The minimum atomic E-state index is -0.739. The largest absolute Gasteiger partial charge is 0.481 e. The third kappa shape index (κ3) is 5.03. The van der Waals surface area contributed by atoms with Crippen molar-refractivity contribution in [2.24, 2.45) is 11.8 Å². The number of aliphatic carboxylic acids is 1. The van der Waals surface area contributed by atoms with E-state index in [0.717, 1.165) is 12.0 Å². The van der Waals surface area contributed by atoms with E-state index in [2.05, 4.69) is 43.4 Å². The number of benzene rings is 1. The van der Waals surface area contributed by atoms with Crippen molar-refractivity contribution in [2.45, 2.75) is 39.7 Å². The molecule has 0 fully saturated rings. The zero-order valence-electron chi connectivity index (χ0n) is 12.3. The summed E-state index contributed by atoms with van der Waals surface area (Å²) in [5, 5.41) is 12.2. The molecule has 0 bridgehead atoms. The highest BCUT2D eigenvalue weighted by atomic mass is 16.4. The molecule has 2 unspecified atom stereocenters. The van der Waals surface area contributed by atoms with Crippen LogP contribution in [0.3, 0.4) is 0 Å². The van der Waals surface area contributed by atoms with Crippen molar-refractivity contribution in [2.75, 3.05) is 7.05 Å². The lowest BCUT2D eigenvalue weighted by molar-refractivity contribution is -0.141. The first-order valence-electron chi connectivity index (χ1n) is 6.93. The average Bonchev–Trinajstić information content (AvgIpc) is 2.36. The Balaban J connectivity index is 2.73. The minimum Gasteiger partial charge on any atom is -0.481 e. The van der Waals surface area contributed by atoms with Gasteiger partial charge in [0.25, 0.3) is 0 Å². The topological polar surface area (TPSA) is 49.3 Å². The van der Waals surface area contributed by atoms with Crippen LogP contribution < -0.4 is 5.32 Å². The molecule has 106 valence electrons. The van der Waals surface area contributed by atoms with Crippen LogP contribution in [-0.2, 0) is 11.2 Å². The van der Waals surface area contributed by atoms with E-state index in [-0.39, 0.29) is 12.0 Å². The molecule has 2 N–H and O–H groups in total. The number of hydrogen-bond acceptors (Lipinski definition) is 2. The van der Waals surface area contributed by atoms with E-state index < -0.39 is 5.97 Å². The summed E-state index contributed by atoms with van der Waals surface area (Å²) in [5.74, 6) is -0.428. The highest BCUT2D eigenvalue weighted by molar-refractivity contribution is 5.69. The first kappa shape index (κ1) is 15.7. The molecular weight excluding hydrogens is 238 g/mol. The van der Waals surface area contributed by atoms with Crippen LogP contribution in [0.15, 0.2) is 24.3 Å². The monoisotopic (exact) mass is 263 g/mol. The number of carboxylic acids is 1. The molecule has 19 heavy (non-hydrogen) atoms. The Kier molecular flexibility index (Phi) is 6.03. The Bertz CT molecular complexity index is 398. The Morgan fingerprint density at radius 3 is 2.21 bits per heavy atom. The fraction of sp³-hybridized carbons (Fsp3) is 0.562. The van der Waals surface area contributed by atoms with Gasteiger partial charge < -0.3 is 10.4 Å². The van der Waals surface area contributed by atoms with Gasteiger partial charge in [-0.15, -0.1) is 0 Å². The van der Waals surface area contributed by atoms with E-state index in [1.54, 1.807) is 6.92 Å². The number of carbonyl (C=O) groups is 1. The van der Waals surface area contributed by atoms with Crippen LogP contribution in [0.2, 0.25) is 0 Å². The van der Waals surface area contributed by atoms with Crippen LogP contribution in [0.25, 0.3) is 0 Å². The predicted octanol–water partition coefficient (Wildman–Crippen LogP) is 3.26. The summed E-state index contributed by atoms with van der Waals surface area (Å²) in [6.07, 6.45) is 1.69. The van der Waals surface area contributed by atoms with E-state index in [1.807, 2.05) is 7.05 Å². The lowest BCUT2D eigenvalue weighted by Gasteiger charge is -2.19. The molecule has 0 aliphatic heterocycles. The predicted molar refractivity (Wildman–Crippen MR) is 78.2 cm³/mol. The molecule has 2 atom stereocenters. The lowest BCUT2D eigenvalue weighted by atomic mass is 9.94. The quantitative estimate of drug-likeness (QED) is 0.794. The molecule has 0 radical (unpaired) electrons. The van der Waals surface area contributed by atoms with E-state index in [4.69, 9.17) is 5.11 Å². The van der Waals surface area contributed by atoms with E-state index >= 15 is 0 Å². The second-order valence-electron chi connectivity index (χ2n) is 5.66. The lowest BCUT2D eigenvalue weighted by Crippen LogP contribution is -2.22. The zero-order chi connectivity index (χ0) is 14.4. The first-order valence-corrected chi connectivity index (χ1v) is 6.93. The van der Waals surface area contributed by atoms with Gasteiger partial charge in [-0.25, -0.2) is 0 Å². The zero-order valence-corrected chi connectivity index (χ0v) is 12.3.